The quantitative estimate of drug-likeness (QED) is 0.828. The molecule has 0 saturated carbocycles. The lowest BCUT2D eigenvalue weighted by atomic mass is 10.2. The van der Waals surface area contributed by atoms with Crippen LogP contribution >= 0.6 is 11.6 Å². The van der Waals surface area contributed by atoms with E-state index in [4.69, 9.17) is 11.6 Å². The zero-order valence-electron chi connectivity index (χ0n) is 14.3. The predicted molar refractivity (Wildman–Crippen MR) is 101 cm³/mol. The van der Waals surface area contributed by atoms with Gasteiger partial charge in [0, 0.05) is 30.0 Å². The van der Waals surface area contributed by atoms with Gasteiger partial charge in [-0.2, -0.15) is 0 Å². The van der Waals surface area contributed by atoms with E-state index in [-0.39, 0.29) is 16.8 Å². The van der Waals surface area contributed by atoms with Crippen molar-refractivity contribution in [1.82, 2.24) is 0 Å². The summed E-state index contributed by atoms with van der Waals surface area (Å²) in [6.07, 6.45) is 1.47. The zero-order chi connectivity index (χ0) is 18.7. The molecular weight excluding hydrogens is 357 g/mol. The van der Waals surface area contributed by atoms with Crippen molar-refractivity contribution >= 4 is 40.5 Å². The monoisotopic (exact) mass is 375 g/mol. The minimum atomic E-state index is -0.535. The average molecular weight is 376 g/mol. The van der Waals surface area contributed by atoms with Crippen LogP contribution in [0.15, 0.2) is 42.5 Å². The highest BCUT2D eigenvalue weighted by atomic mass is 35.5. The Balaban J connectivity index is 1.59. The summed E-state index contributed by atoms with van der Waals surface area (Å²) in [4.78, 5) is 25.8. The van der Waals surface area contributed by atoms with Crippen LogP contribution in [0.4, 0.5) is 21.5 Å². The third-order valence-corrected chi connectivity index (χ3v) is 4.51. The second-order valence-corrected chi connectivity index (χ2v) is 6.59. The van der Waals surface area contributed by atoms with E-state index in [0.717, 1.165) is 24.3 Å². The highest BCUT2D eigenvalue weighted by molar-refractivity contribution is 6.31. The van der Waals surface area contributed by atoms with Gasteiger partial charge in [-0.05, 0) is 55.8 Å². The highest BCUT2D eigenvalue weighted by Gasteiger charge is 2.21. The van der Waals surface area contributed by atoms with Gasteiger partial charge in [-0.15, -0.1) is 0 Å². The number of hydrogen-bond donors (Lipinski definition) is 2. The van der Waals surface area contributed by atoms with Gasteiger partial charge in [-0.1, -0.05) is 11.6 Å². The average Bonchev–Trinajstić information content (AvgIpc) is 3.05. The maximum Gasteiger partial charge on any atom is 0.246 e. The fourth-order valence-corrected chi connectivity index (χ4v) is 2.98. The molecule has 0 unspecified atom stereocenters. The minimum absolute atomic E-state index is 0.0459. The van der Waals surface area contributed by atoms with Gasteiger partial charge in [0.15, 0.2) is 0 Å². The largest absolute Gasteiger partial charge is 0.374 e. The second-order valence-electron chi connectivity index (χ2n) is 6.18. The van der Waals surface area contributed by atoms with Crippen molar-refractivity contribution in [2.45, 2.75) is 25.8 Å². The minimum Gasteiger partial charge on any atom is -0.374 e. The molecule has 0 aliphatic carbocycles. The first-order chi connectivity index (χ1) is 12.4. The van der Waals surface area contributed by atoms with Crippen LogP contribution in [0, 0.1) is 5.82 Å². The van der Waals surface area contributed by atoms with Crippen LogP contribution < -0.4 is 15.5 Å². The van der Waals surface area contributed by atoms with E-state index < -0.39 is 11.9 Å². The summed E-state index contributed by atoms with van der Waals surface area (Å²) in [5, 5.41) is 5.73. The first kappa shape index (κ1) is 18.2. The van der Waals surface area contributed by atoms with Crippen molar-refractivity contribution in [2.75, 3.05) is 22.1 Å². The van der Waals surface area contributed by atoms with Crippen LogP contribution in [-0.4, -0.2) is 24.4 Å². The molecule has 1 aliphatic rings. The van der Waals surface area contributed by atoms with E-state index in [1.54, 1.807) is 11.8 Å². The van der Waals surface area contributed by atoms with E-state index in [1.165, 1.54) is 18.2 Å². The molecular formula is C19H19ClFN3O2. The van der Waals surface area contributed by atoms with Crippen molar-refractivity contribution in [2.24, 2.45) is 0 Å². The molecule has 5 nitrogen and oxygen atoms in total. The van der Waals surface area contributed by atoms with Crippen molar-refractivity contribution in [3.8, 4) is 0 Å². The van der Waals surface area contributed by atoms with Gasteiger partial charge in [0.2, 0.25) is 11.8 Å². The number of benzene rings is 2. The van der Waals surface area contributed by atoms with Crippen LogP contribution in [0.5, 0.6) is 0 Å². The Morgan fingerprint density at radius 3 is 2.50 bits per heavy atom. The number of anilines is 3. The van der Waals surface area contributed by atoms with E-state index >= 15 is 0 Å². The molecule has 2 N–H and O–H groups in total. The Labute approximate surface area is 156 Å². The van der Waals surface area contributed by atoms with Gasteiger partial charge in [0.05, 0.1) is 5.02 Å². The fraction of sp³-hybridized carbons (Fsp3) is 0.263. The molecule has 1 aliphatic heterocycles. The molecule has 2 aromatic carbocycles. The lowest BCUT2D eigenvalue weighted by molar-refractivity contribution is -0.117. The van der Waals surface area contributed by atoms with Crippen LogP contribution in [0.1, 0.15) is 19.8 Å². The lowest BCUT2D eigenvalue weighted by Crippen LogP contribution is -2.31. The standard InChI is InChI=1S/C19H19ClFN3O2/c1-12(19(26)23-14-6-9-17(21)16(20)11-14)22-13-4-7-15(8-5-13)24-10-2-3-18(24)25/h4-9,11-12,22H,2-3,10H2,1H3,(H,23,26)/t12-/m0/s1. The first-order valence-corrected chi connectivity index (χ1v) is 8.75. The predicted octanol–water partition coefficient (Wildman–Crippen LogP) is 4.05. The van der Waals surface area contributed by atoms with Crippen molar-refractivity contribution < 1.29 is 14.0 Å². The summed E-state index contributed by atoms with van der Waals surface area (Å²) in [5.74, 6) is -0.671. The van der Waals surface area contributed by atoms with Gasteiger partial charge >= 0.3 is 0 Å². The SMILES string of the molecule is C[C@H](Nc1ccc(N2CCCC2=O)cc1)C(=O)Nc1ccc(F)c(Cl)c1. The fourth-order valence-electron chi connectivity index (χ4n) is 2.80. The number of rotatable bonds is 5. The van der Waals surface area contributed by atoms with Gasteiger partial charge in [0.25, 0.3) is 0 Å². The molecule has 1 saturated heterocycles. The molecule has 7 heteroatoms. The van der Waals surface area contributed by atoms with Gasteiger partial charge in [0.1, 0.15) is 11.9 Å². The summed E-state index contributed by atoms with van der Waals surface area (Å²) in [7, 11) is 0. The van der Waals surface area contributed by atoms with E-state index in [1.807, 2.05) is 24.3 Å². The summed E-state index contributed by atoms with van der Waals surface area (Å²) in [5.41, 5.74) is 2.05. The van der Waals surface area contributed by atoms with Crippen LogP contribution in [0.3, 0.4) is 0 Å². The number of halogens is 2. The van der Waals surface area contributed by atoms with Gasteiger partial charge < -0.3 is 15.5 Å². The topological polar surface area (TPSA) is 61.4 Å². The molecule has 0 bridgehead atoms. The summed E-state index contributed by atoms with van der Waals surface area (Å²) < 4.78 is 13.2. The lowest BCUT2D eigenvalue weighted by Gasteiger charge is -2.18. The highest BCUT2D eigenvalue weighted by Crippen LogP contribution is 2.23. The molecule has 136 valence electrons. The third kappa shape index (κ3) is 4.14. The van der Waals surface area contributed by atoms with E-state index in [2.05, 4.69) is 10.6 Å². The Morgan fingerprint density at radius 1 is 1.19 bits per heavy atom. The number of nitrogens with zero attached hydrogens (tertiary/aromatic N) is 1. The summed E-state index contributed by atoms with van der Waals surface area (Å²) >= 11 is 5.72. The molecule has 3 rings (SSSR count). The molecule has 1 heterocycles. The number of hydrogen-bond acceptors (Lipinski definition) is 3. The first-order valence-electron chi connectivity index (χ1n) is 8.37. The smallest absolute Gasteiger partial charge is 0.246 e. The molecule has 0 radical (unpaired) electrons. The number of amides is 2. The van der Waals surface area contributed by atoms with Gasteiger partial charge in [-0.25, -0.2) is 4.39 Å². The summed E-state index contributed by atoms with van der Waals surface area (Å²) in [6.45, 7) is 2.46. The second kappa shape index (κ2) is 7.74. The normalized spacial score (nSPS) is 15.0. The molecule has 0 aromatic heterocycles. The Morgan fingerprint density at radius 2 is 1.88 bits per heavy atom. The van der Waals surface area contributed by atoms with Crippen molar-refractivity contribution in [3.63, 3.8) is 0 Å². The maximum atomic E-state index is 13.2. The molecule has 2 amide bonds. The van der Waals surface area contributed by atoms with Crippen LogP contribution in [0.2, 0.25) is 5.02 Å². The molecule has 2 aromatic rings. The van der Waals surface area contributed by atoms with E-state index in [0.29, 0.717) is 12.1 Å². The number of carbonyl (C=O) groups excluding carboxylic acids is 2. The number of carbonyl (C=O) groups is 2. The molecule has 26 heavy (non-hydrogen) atoms. The Kier molecular flexibility index (Phi) is 5.42. The van der Waals surface area contributed by atoms with E-state index in [9.17, 15) is 14.0 Å². The van der Waals surface area contributed by atoms with Crippen LogP contribution in [-0.2, 0) is 9.59 Å². The van der Waals surface area contributed by atoms with Crippen molar-refractivity contribution in [3.05, 3.63) is 53.3 Å². The van der Waals surface area contributed by atoms with Crippen molar-refractivity contribution in [1.29, 1.82) is 0 Å². The zero-order valence-corrected chi connectivity index (χ0v) is 15.0. The van der Waals surface area contributed by atoms with Gasteiger partial charge in [-0.3, -0.25) is 9.59 Å². The number of nitrogens with one attached hydrogen (secondary N) is 2. The molecule has 1 atom stereocenters. The molecule has 1 fully saturated rings. The maximum absolute atomic E-state index is 13.2. The summed E-state index contributed by atoms with van der Waals surface area (Å²) in [6, 6.07) is 10.9. The molecule has 0 spiro atoms. The third-order valence-electron chi connectivity index (χ3n) is 4.22. The Bertz CT molecular complexity index is 826. The van der Waals surface area contributed by atoms with Crippen LogP contribution in [0.25, 0.3) is 0 Å². The Hall–Kier alpha value is -2.60.